The number of nitrogens with zero attached hydrogens (tertiary/aromatic N) is 3. The van der Waals surface area contributed by atoms with Crippen molar-refractivity contribution in [1.29, 1.82) is 0 Å². The molecular weight excluding hydrogens is 442 g/mol. The van der Waals surface area contributed by atoms with Crippen LogP contribution in [0.2, 0.25) is 0 Å². The molecule has 4 N–H and O–H groups in total. The van der Waals surface area contributed by atoms with E-state index >= 15 is 0 Å². The topological polar surface area (TPSA) is 132 Å². The van der Waals surface area contributed by atoms with Crippen LogP contribution >= 0.6 is 0 Å². The maximum atomic E-state index is 11.1. The Labute approximate surface area is 193 Å². The summed E-state index contributed by atoms with van der Waals surface area (Å²) in [6.45, 7) is 4.40. The summed E-state index contributed by atoms with van der Waals surface area (Å²) in [4.78, 5) is 9.04. The molecule has 176 valence electrons. The summed E-state index contributed by atoms with van der Waals surface area (Å²) in [6, 6.07) is 10.7. The van der Waals surface area contributed by atoms with Gasteiger partial charge in [0.25, 0.3) is 0 Å². The van der Waals surface area contributed by atoms with E-state index in [1.54, 1.807) is 6.33 Å². The number of nitrogens with one attached hydrogen (secondary N) is 1. The first-order valence-electron chi connectivity index (χ1n) is 11.1. The van der Waals surface area contributed by atoms with Gasteiger partial charge in [-0.1, -0.05) is 38.1 Å². The zero-order valence-corrected chi connectivity index (χ0v) is 19.5. The van der Waals surface area contributed by atoms with Crippen molar-refractivity contribution in [3.63, 3.8) is 0 Å². The molecule has 0 spiro atoms. The van der Waals surface area contributed by atoms with Gasteiger partial charge in [-0.15, -0.1) is 0 Å². The summed E-state index contributed by atoms with van der Waals surface area (Å²) in [6.07, 6.45) is 4.86. The lowest BCUT2D eigenvalue weighted by Crippen LogP contribution is -2.24. The van der Waals surface area contributed by atoms with Crippen LogP contribution in [0.3, 0.4) is 0 Å². The van der Waals surface area contributed by atoms with Crippen molar-refractivity contribution in [2.75, 3.05) is 11.9 Å². The molecule has 2 heterocycles. The smallest absolute Gasteiger partial charge is 0.333 e. The number of nitrogens with two attached hydrogens (primary N) is 1. The van der Waals surface area contributed by atoms with Crippen LogP contribution in [-0.4, -0.2) is 40.8 Å². The number of hydrogen-bond donors (Lipinski definition) is 3. The van der Waals surface area contributed by atoms with E-state index in [2.05, 4.69) is 53.4 Å². The molecule has 2 aliphatic rings. The van der Waals surface area contributed by atoms with Gasteiger partial charge in [0.05, 0.1) is 24.1 Å². The van der Waals surface area contributed by atoms with Crippen molar-refractivity contribution in [2.24, 2.45) is 11.1 Å². The Kier molecular flexibility index (Phi) is 5.43. The average Bonchev–Trinajstić information content (AvgIpc) is 3.41. The molecule has 9 nitrogen and oxygen atoms in total. The van der Waals surface area contributed by atoms with Gasteiger partial charge in [-0.3, -0.25) is 4.18 Å². The van der Waals surface area contributed by atoms with E-state index in [-0.39, 0.29) is 30.0 Å². The number of aromatic nitrogens is 3. The fourth-order valence-corrected chi connectivity index (χ4v) is 5.85. The maximum absolute atomic E-state index is 11.1. The van der Waals surface area contributed by atoms with Crippen LogP contribution in [0.1, 0.15) is 56.3 Å². The van der Waals surface area contributed by atoms with E-state index in [4.69, 9.17) is 9.32 Å². The molecule has 4 atom stereocenters. The highest BCUT2D eigenvalue weighted by atomic mass is 32.2. The Bertz CT molecular complexity index is 1290. The monoisotopic (exact) mass is 471 g/mol. The Morgan fingerprint density at radius 1 is 1.24 bits per heavy atom. The first-order chi connectivity index (χ1) is 15.6. The Morgan fingerprint density at radius 2 is 2.03 bits per heavy atom. The van der Waals surface area contributed by atoms with E-state index in [1.807, 2.05) is 16.8 Å². The van der Waals surface area contributed by atoms with Crippen molar-refractivity contribution < 1.29 is 17.7 Å². The van der Waals surface area contributed by atoms with E-state index in [1.165, 1.54) is 11.1 Å². The van der Waals surface area contributed by atoms with Gasteiger partial charge in [-0.25, -0.2) is 15.1 Å². The van der Waals surface area contributed by atoms with Crippen molar-refractivity contribution in [3.8, 4) is 0 Å². The van der Waals surface area contributed by atoms with Crippen molar-refractivity contribution in [2.45, 2.75) is 56.7 Å². The minimum absolute atomic E-state index is 0.0273. The van der Waals surface area contributed by atoms with Gasteiger partial charge < -0.3 is 15.0 Å². The number of hydrogen-bond acceptors (Lipinski definition) is 7. The second-order valence-corrected chi connectivity index (χ2v) is 11.0. The maximum Gasteiger partial charge on any atom is 0.333 e. The third-order valence-corrected chi connectivity index (χ3v) is 7.54. The molecule has 1 saturated carbocycles. The lowest BCUT2D eigenvalue weighted by Gasteiger charge is -2.20. The number of rotatable bonds is 6. The van der Waals surface area contributed by atoms with Crippen LogP contribution in [0.4, 0.5) is 5.82 Å². The van der Waals surface area contributed by atoms with Crippen LogP contribution in [0, 0.1) is 5.92 Å². The largest absolute Gasteiger partial charge is 0.393 e. The fourth-order valence-electron chi connectivity index (χ4n) is 5.48. The minimum atomic E-state index is -4.03. The van der Waals surface area contributed by atoms with Gasteiger partial charge in [0.2, 0.25) is 0 Å². The van der Waals surface area contributed by atoms with Crippen LogP contribution < -0.4 is 10.5 Å². The van der Waals surface area contributed by atoms with E-state index in [0.717, 1.165) is 23.3 Å². The minimum Gasteiger partial charge on any atom is -0.393 e. The van der Waals surface area contributed by atoms with Gasteiger partial charge in [0, 0.05) is 18.2 Å². The van der Waals surface area contributed by atoms with Crippen LogP contribution in [0.15, 0.2) is 42.9 Å². The number of aliphatic hydroxyl groups is 1. The Hall–Kier alpha value is -2.53. The first-order valence-corrected chi connectivity index (χ1v) is 12.6. The molecule has 1 aromatic carbocycles. The lowest BCUT2D eigenvalue weighted by atomic mass is 9.86. The molecule has 0 radical (unpaired) electrons. The molecule has 2 aliphatic carbocycles. The zero-order valence-electron chi connectivity index (χ0n) is 18.7. The second kappa shape index (κ2) is 8.05. The summed E-state index contributed by atoms with van der Waals surface area (Å²) in [5, 5.41) is 19.9. The fraction of sp³-hybridized carbons (Fsp3) is 0.478. The van der Waals surface area contributed by atoms with E-state index in [9.17, 15) is 13.5 Å². The number of anilines is 1. The zero-order chi connectivity index (χ0) is 23.4. The molecule has 3 aromatic rings. The molecule has 0 aliphatic heterocycles. The highest BCUT2D eigenvalue weighted by Gasteiger charge is 2.38. The van der Waals surface area contributed by atoms with Gasteiger partial charge in [-0.05, 0) is 41.9 Å². The number of aliphatic hydroxyl groups excluding tert-OH is 1. The Morgan fingerprint density at radius 3 is 2.82 bits per heavy atom. The van der Waals surface area contributed by atoms with Crippen LogP contribution in [0.25, 0.3) is 11.0 Å². The standard InChI is InChI=1S/C23H29N5O4S/c1-23(2)11-19(16-5-3-4-6-18(16)23)27-21-17-7-8-28(22(17)26-13-25-21)15-9-14(20(29)10-15)12-32-33(24,30)31/h3-8,13-15,19-20,29H,9-12H2,1-2H3,(H2,24,30,31)(H,25,26,27)/t14-,15+,19+,20-/m0/s1. The van der Waals surface area contributed by atoms with Crippen LogP contribution in [0.5, 0.6) is 0 Å². The molecule has 1 fully saturated rings. The normalized spacial score (nSPS) is 26.5. The molecule has 2 aromatic heterocycles. The first kappa shape index (κ1) is 22.3. The van der Waals surface area contributed by atoms with Crippen LogP contribution in [-0.2, 0) is 19.9 Å². The summed E-state index contributed by atoms with van der Waals surface area (Å²) in [5.41, 5.74) is 3.52. The summed E-state index contributed by atoms with van der Waals surface area (Å²) >= 11 is 0. The van der Waals surface area contributed by atoms with E-state index < -0.39 is 16.4 Å². The van der Waals surface area contributed by atoms with Gasteiger partial charge in [-0.2, -0.15) is 8.42 Å². The molecule has 0 amide bonds. The third-order valence-electron chi connectivity index (χ3n) is 7.07. The van der Waals surface area contributed by atoms with Crippen molar-refractivity contribution in [3.05, 3.63) is 54.0 Å². The summed E-state index contributed by atoms with van der Waals surface area (Å²) < 4.78 is 29.0. The predicted molar refractivity (Wildman–Crippen MR) is 125 cm³/mol. The molecule has 10 heteroatoms. The quantitative estimate of drug-likeness (QED) is 0.503. The summed E-state index contributed by atoms with van der Waals surface area (Å²) in [5.74, 6) is 0.464. The predicted octanol–water partition coefficient (Wildman–Crippen LogP) is 2.80. The highest BCUT2D eigenvalue weighted by Crippen LogP contribution is 2.46. The molecule has 0 unspecified atom stereocenters. The summed E-state index contributed by atoms with van der Waals surface area (Å²) in [7, 11) is -4.03. The molecule has 33 heavy (non-hydrogen) atoms. The Balaban J connectivity index is 1.39. The van der Waals surface area contributed by atoms with Crippen molar-refractivity contribution in [1.82, 2.24) is 14.5 Å². The highest BCUT2D eigenvalue weighted by molar-refractivity contribution is 7.84. The second-order valence-electron chi connectivity index (χ2n) is 9.78. The number of benzene rings is 1. The number of fused-ring (bicyclic) bond motifs is 2. The van der Waals surface area contributed by atoms with Crippen molar-refractivity contribution >= 4 is 27.2 Å². The third kappa shape index (κ3) is 4.23. The SMILES string of the molecule is CC1(C)C[C@@H](Nc2ncnc3c2ccn3[C@@H]2C[C@@H](COS(N)(=O)=O)[C@@H](O)C2)c2ccccc21. The molecule has 0 bridgehead atoms. The van der Waals surface area contributed by atoms with Gasteiger partial charge >= 0.3 is 10.3 Å². The molecule has 5 rings (SSSR count). The molecule has 0 saturated heterocycles. The van der Waals surface area contributed by atoms with E-state index in [0.29, 0.717) is 12.8 Å². The van der Waals surface area contributed by atoms with Gasteiger partial charge in [0.15, 0.2) is 0 Å². The molecular formula is C23H29N5O4S. The average molecular weight is 472 g/mol. The lowest BCUT2D eigenvalue weighted by molar-refractivity contribution is 0.100. The van der Waals surface area contributed by atoms with Gasteiger partial charge in [0.1, 0.15) is 17.8 Å².